The smallest absolute Gasteiger partial charge is 0.0758 e. The molecule has 0 aromatic carbocycles. The number of rotatable bonds is 4. The maximum atomic E-state index is 5.64. The maximum Gasteiger partial charge on any atom is 0.0758 e. The van der Waals surface area contributed by atoms with E-state index < -0.39 is 30.1 Å². The van der Waals surface area contributed by atoms with E-state index in [0.29, 0.717) is 11.1 Å². The largest absolute Gasteiger partial charge is 0.315 e. The van der Waals surface area contributed by atoms with E-state index in [1.807, 2.05) is 0 Å². The quantitative estimate of drug-likeness (QED) is 0.168. The molecule has 0 aromatic heterocycles. The molecule has 1 aliphatic carbocycles. The van der Waals surface area contributed by atoms with Crippen molar-refractivity contribution in [3.63, 3.8) is 0 Å². The van der Waals surface area contributed by atoms with Gasteiger partial charge in [-0.3, -0.25) is 0 Å². The third kappa shape index (κ3) is 1.57. The van der Waals surface area contributed by atoms with Crippen LogP contribution in [0.2, 0.25) is 0 Å². The van der Waals surface area contributed by atoms with Crippen LogP contribution in [0.1, 0.15) is 0 Å². The van der Waals surface area contributed by atoms with Crippen LogP contribution in [0.3, 0.4) is 0 Å². The third-order valence-electron chi connectivity index (χ3n) is 2.84. The minimum atomic E-state index is -0.928. The van der Waals surface area contributed by atoms with Crippen molar-refractivity contribution in [2.24, 2.45) is 51.3 Å². The Hall–Kier alpha value is -0.580. The first-order chi connectivity index (χ1) is 6.77. The second kappa shape index (κ2) is 3.77. The molecular weight excluding hydrogens is 196 g/mol. The molecule has 1 rings (SSSR count). The van der Waals surface area contributed by atoms with E-state index >= 15 is 0 Å². The highest BCUT2D eigenvalue weighted by Crippen LogP contribution is 2.55. The van der Waals surface area contributed by atoms with Gasteiger partial charge >= 0.3 is 0 Å². The Labute approximate surface area is 88.0 Å². The molecule has 0 aliphatic heterocycles. The molecule has 8 nitrogen and oxygen atoms in total. The van der Waals surface area contributed by atoms with E-state index in [9.17, 15) is 0 Å². The lowest BCUT2D eigenvalue weighted by Crippen LogP contribution is -2.59. The average Bonchev–Trinajstić information content (AvgIpc) is 2.73. The van der Waals surface area contributed by atoms with E-state index in [1.165, 1.54) is 0 Å². The zero-order valence-electron chi connectivity index (χ0n) is 8.43. The Morgan fingerprint density at radius 2 is 0.867 bits per heavy atom. The second-order valence-electron chi connectivity index (χ2n) is 3.80. The molecule has 0 radical (unpaired) electrons. The summed E-state index contributed by atoms with van der Waals surface area (Å²) in [6.07, 6.45) is -3.13. The molecule has 0 spiro atoms. The highest BCUT2D eigenvalue weighted by Gasteiger charge is 2.61. The maximum absolute atomic E-state index is 5.64. The summed E-state index contributed by atoms with van der Waals surface area (Å²) >= 11 is 0. The van der Waals surface area contributed by atoms with Crippen LogP contribution in [0.5, 0.6) is 0 Å². The van der Waals surface area contributed by atoms with Gasteiger partial charge in [0, 0.05) is 0 Å². The molecule has 0 bridgehead atoms. The van der Waals surface area contributed by atoms with Gasteiger partial charge in [-0.15, -0.1) is 0 Å². The van der Waals surface area contributed by atoms with Gasteiger partial charge in [-0.25, -0.2) is 0 Å². The molecule has 8 heteroatoms. The number of nitrogens with two attached hydrogens (primary N) is 8. The number of hydrogen-bond donors (Lipinski definition) is 8. The van der Waals surface area contributed by atoms with Crippen molar-refractivity contribution in [2.45, 2.75) is 24.7 Å². The Morgan fingerprint density at radius 3 is 0.933 bits per heavy atom. The van der Waals surface area contributed by atoms with Crippen molar-refractivity contribution in [3.05, 3.63) is 11.1 Å². The lowest BCUT2D eigenvalue weighted by Gasteiger charge is -2.29. The predicted octanol–water partition coefficient (Wildman–Crippen LogP) is -4.74. The number of hydrogen-bond acceptors (Lipinski definition) is 8. The summed E-state index contributed by atoms with van der Waals surface area (Å²) in [5.41, 5.74) is 45.0. The Morgan fingerprint density at radius 1 is 0.600 bits per heavy atom. The van der Waals surface area contributed by atoms with E-state index in [-0.39, 0.29) is 0 Å². The van der Waals surface area contributed by atoms with E-state index in [2.05, 4.69) is 0 Å². The van der Waals surface area contributed by atoms with Gasteiger partial charge in [0.15, 0.2) is 0 Å². The fraction of sp³-hybridized carbons (Fsp3) is 0.714. The van der Waals surface area contributed by atoms with Crippen LogP contribution in [-0.4, -0.2) is 24.7 Å². The molecular formula is C7H20N8. The average molecular weight is 216 g/mol. The molecule has 0 saturated heterocycles. The molecule has 0 saturated carbocycles. The van der Waals surface area contributed by atoms with Crippen LogP contribution in [0.15, 0.2) is 11.1 Å². The van der Waals surface area contributed by atoms with Crippen LogP contribution in [0.4, 0.5) is 0 Å². The van der Waals surface area contributed by atoms with E-state index in [4.69, 9.17) is 45.9 Å². The summed E-state index contributed by atoms with van der Waals surface area (Å²) in [7, 11) is 0. The van der Waals surface area contributed by atoms with Crippen molar-refractivity contribution in [1.29, 1.82) is 0 Å². The Balaban J connectivity index is 3.08. The highest BCUT2D eigenvalue weighted by atomic mass is 15.1. The molecule has 88 valence electrons. The van der Waals surface area contributed by atoms with E-state index in [1.54, 1.807) is 0 Å². The van der Waals surface area contributed by atoms with Crippen LogP contribution in [0, 0.1) is 5.41 Å². The summed E-state index contributed by atoms with van der Waals surface area (Å²) in [6.45, 7) is 0. The summed E-state index contributed by atoms with van der Waals surface area (Å²) in [6, 6.07) is 0. The Kier molecular flexibility index (Phi) is 3.14. The molecule has 0 unspecified atom stereocenters. The summed E-state index contributed by atoms with van der Waals surface area (Å²) < 4.78 is 0. The van der Waals surface area contributed by atoms with Crippen LogP contribution in [0.25, 0.3) is 0 Å². The van der Waals surface area contributed by atoms with Crippen LogP contribution in [-0.2, 0) is 0 Å². The molecule has 0 fully saturated rings. The molecule has 16 N–H and O–H groups in total. The van der Waals surface area contributed by atoms with Gasteiger partial charge in [0.25, 0.3) is 0 Å². The molecule has 0 aromatic rings. The van der Waals surface area contributed by atoms with E-state index in [0.717, 1.165) is 0 Å². The highest BCUT2D eigenvalue weighted by molar-refractivity contribution is 5.57. The van der Waals surface area contributed by atoms with Gasteiger partial charge in [-0.2, -0.15) is 0 Å². The first-order valence-corrected chi connectivity index (χ1v) is 4.57. The normalized spacial score (nSPS) is 20.0. The Bertz CT molecular complexity index is 251. The first kappa shape index (κ1) is 12.5. The van der Waals surface area contributed by atoms with Gasteiger partial charge in [0.05, 0.1) is 30.1 Å². The SMILES string of the molecule is NC(N)C1=C(C(N)N)C1(C(N)N)C(N)N. The van der Waals surface area contributed by atoms with Crippen molar-refractivity contribution < 1.29 is 0 Å². The lowest BCUT2D eigenvalue weighted by atomic mass is 9.89. The molecule has 1 aliphatic rings. The summed E-state index contributed by atoms with van der Waals surface area (Å²) in [4.78, 5) is 0. The minimum absolute atomic E-state index is 0.572. The fourth-order valence-electron chi connectivity index (χ4n) is 2.20. The fourth-order valence-corrected chi connectivity index (χ4v) is 2.20. The van der Waals surface area contributed by atoms with Gasteiger partial charge in [0.1, 0.15) is 0 Å². The molecule has 15 heavy (non-hydrogen) atoms. The van der Waals surface area contributed by atoms with Gasteiger partial charge in [-0.05, 0) is 11.1 Å². The lowest BCUT2D eigenvalue weighted by molar-refractivity contribution is 0.333. The molecule has 0 amide bonds. The standard InChI is InChI=1S/C7H20N8/c8-3(9)1-2(4(10)11)7(1,5(12)13)6(14)15/h3-6H,8-15H2. The second-order valence-corrected chi connectivity index (χ2v) is 3.80. The summed E-state index contributed by atoms with van der Waals surface area (Å²) in [5.74, 6) is 0. The third-order valence-corrected chi connectivity index (χ3v) is 2.84. The van der Waals surface area contributed by atoms with Crippen molar-refractivity contribution in [2.75, 3.05) is 0 Å². The minimum Gasteiger partial charge on any atom is -0.315 e. The predicted molar refractivity (Wildman–Crippen MR) is 58.1 cm³/mol. The zero-order chi connectivity index (χ0) is 12.0. The monoisotopic (exact) mass is 216 g/mol. The van der Waals surface area contributed by atoms with Gasteiger partial charge in [-0.1, -0.05) is 0 Å². The van der Waals surface area contributed by atoms with Crippen molar-refractivity contribution >= 4 is 0 Å². The molecule has 0 atom stereocenters. The van der Waals surface area contributed by atoms with Crippen molar-refractivity contribution in [3.8, 4) is 0 Å². The first-order valence-electron chi connectivity index (χ1n) is 4.57. The van der Waals surface area contributed by atoms with Crippen molar-refractivity contribution in [1.82, 2.24) is 0 Å². The topological polar surface area (TPSA) is 208 Å². The van der Waals surface area contributed by atoms with Crippen LogP contribution < -0.4 is 45.9 Å². The van der Waals surface area contributed by atoms with Gasteiger partial charge < -0.3 is 45.9 Å². The van der Waals surface area contributed by atoms with Gasteiger partial charge in [0.2, 0.25) is 0 Å². The van der Waals surface area contributed by atoms with Crippen LogP contribution >= 0.6 is 0 Å². The zero-order valence-corrected chi connectivity index (χ0v) is 8.43. The summed E-state index contributed by atoms with van der Waals surface area (Å²) in [5, 5.41) is 0. The molecule has 0 heterocycles.